The quantitative estimate of drug-likeness (QED) is 0.378. The molecule has 0 bridgehead atoms. The molecule has 1 aliphatic carbocycles. The molecule has 3 nitrogen and oxygen atoms in total. The van der Waals surface area contributed by atoms with Crippen molar-refractivity contribution in [1.82, 2.24) is 4.90 Å². The summed E-state index contributed by atoms with van der Waals surface area (Å²) < 4.78 is 0. The molecule has 0 unspecified atom stereocenters. The lowest BCUT2D eigenvalue weighted by Crippen LogP contribution is -2.29. The summed E-state index contributed by atoms with van der Waals surface area (Å²) in [6.07, 6.45) is 16.2. The summed E-state index contributed by atoms with van der Waals surface area (Å²) in [4.78, 5) is 26.2. The Morgan fingerprint density at radius 2 is 1.68 bits per heavy atom. The summed E-state index contributed by atoms with van der Waals surface area (Å²) >= 11 is 0. The molecule has 1 heterocycles. The average molecular weight is 416 g/mol. The third-order valence-electron chi connectivity index (χ3n) is 6.25. The van der Waals surface area contributed by atoms with Crippen molar-refractivity contribution in [3.8, 4) is 0 Å². The maximum absolute atomic E-state index is 12.4. The number of hydrogen-bond acceptors (Lipinski definition) is 2. The molecule has 31 heavy (non-hydrogen) atoms. The second-order valence-corrected chi connectivity index (χ2v) is 9.25. The molecular formula is C28H33NO2. The number of fused-ring (bicyclic) bond motifs is 1. The summed E-state index contributed by atoms with van der Waals surface area (Å²) in [7, 11) is 0. The minimum Gasteiger partial charge on any atom is -0.270 e. The predicted molar refractivity (Wildman–Crippen MR) is 128 cm³/mol. The van der Waals surface area contributed by atoms with Crippen LogP contribution in [0.4, 0.5) is 0 Å². The Kier molecular flexibility index (Phi) is 6.94. The van der Waals surface area contributed by atoms with Gasteiger partial charge in [0.25, 0.3) is 11.8 Å². The van der Waals surface area contributed by atoms with Gasteiger partial charge >= 0.3 is 0 Å². The fourth-order valence-corrected chi connectivity index (χ4v) is 4.34. The van der Waals surface area contributed by atoms with Crippen LogP contribution in [0.1, 0.15) is 74.6 Å². The number of nitrogens with zero attached hydrogens (tertiary/aromatic N) is 1. The van der Waals surface area contributed by atoms with Crippen LogP contribution in [0, 0.1) is 5.41 Å². The lowest BCUT2D eigenvalue weighted by atomic mass is 9.72. The number of allylic oxidation sites excluding steroid dienone is 9. The van der Waals surface area contributed by atoms with E-state index in [4.69, 9.17) is 0 Å². The summed E-state index contributed by atoms with van der Waals surface area (Å²) in [6.45, 7) is 11.3. The highest BCUT2D eigenvalue weighted by molar-refractivity contribution is 6.21. The van der Waals surface area contributed by atoms with Gasteiger partial charge in [0.1, 0.15) is 0 Å². The van der Waals surface area contributed by atoms with Crippen LogP contribution in [0.2, 0.25) is 0 Å². The highest BCUT2D eigenvalue weighted by Gasteiger charge is 2.34. The largest absolute Gasteiger partial charge is 0.270 e. The van der Waals surface area contributed by atoms with Crippen molar-refractivity contribution in [3.63, 3.8) is 0 Å². The van der Waals surface area contributed by atoms with Crippen molar-refractivity contribution in [2.75, 3.05) is 6.54 Å². The minimum atomic E-state index is -0.218. The zero-order valence-corrected chi connectivity index (χ0v) is 19.4. The van der Waals surface area contributed by atoms with Crippen molar-refractivity contribution in [2.45, 2.75) is 53.9 Å². The summed E-state index contributed by atoms with van der Waals surface area (Å²) in [5.74, 6) is -0.436. The molecular weight excluding hydrogens is 382 g/mol. The molecule has 3 heteroatoms. The van der Waals surface area contributed by atoms with E-state index in [1.54, 1.807) is 24.3 Å². The van der Waals surface area contributed by atoms with Gasteiger partial charge in [-0.15, -0.1) is 0 Å². The van der Waals surface area contributed by atoms with Gasteiger partial charge in [0.2, 0.25) is 0 Å². The number of amides is 2. The lowest BCUT2D eigenvalue weighted by Gasteiger charge is -2.32. The molecule has 1 aromatic carbocycles. The van der Waals surface area contributed by atoms with E-state index in [0.29, 0.717) is 11.1 Å². The van der Waals surface area contributed by atoms with Crippen LogP contribution in [0.15, 0.2) is 83.0 Å². The molecule has 1 aromatic rings. The van der Waals surface area contributed by atoms with E-state index >= 15 is 0 Å². The predicted octanol–water partition coefficient (Wildman–Crippen LogP) is 6.81. The molecule has 0 N–H and O–H groups in total. The molecule has 0 radical (unpaired) electrons. The third kappa shape index (κ3) is 5.22. The Morgan fingerprint density at radius 1 is 1.03 bits per heavy atom. The maximum atomic E-state index is 12.4. The van der Waals surface area contributed by atoms with E-state index in [1.807, 2.05) is 25.2 Å². The molecule has 162 valence electrons. The molecule has 0 saturated heterocycles. The van der Waals surface area contributed by atoms with E-state index in [-0.39, 0.29) is 23.8 Å². The first-order valence-electron chi connectivity index (χ1n) is 11.1. The lowest BCUT2D eigenvalue weighted by molar-refractivity contribution is 0.0672. The van der Waals surface area contributed by atoms with E-state index in [9.17, 15) is 9.59 Å². The monoisotopic (exact) mass is 415 g/mol. The summed E-state index contributed by atoms with van der Waals surface area (Å²) in [6, 6.07) is 6.99. The third-order valence-corrected chi connectivity index (χ3v) is 6.25. The summed E-state index contributed by atoms with van der Waals surface area (Å²) in [5.41, 5.74) is 6.40. The van der Waals surface area contributed by atoms with Crippen molar-refractivity contribution in [1.29, 1.82) is 0 Å². The number of hydrogen-bond donors (Lipinski definition) is 0. The molecule has 1 aliphatic heterocycles. The zero-order valence-electron chi connectivity index (χ0n) is 19.4. The van der Waals surface area contributed by atoms with Gasteiger partial charge in [0, 0.05) is 6.54 Å². The first-order chi connectivity index (χ1) is 14.7. The zero-order chi connectivity index (χ0) is 22.6. The highest BCUT2D eigenvalue weighted by atomic mass is 16.2. The van der Waals surface area contributed by atoms with Crippen molar-refractivity contribution >= 4 is 11.8 Å². The molecule has 0 atom stereocenters. The van der Waals surface area contributed by atoms with Crippen molar-refractivity contribution in [2.24, 2.45) is 5.41 Å². The van der Waals surface area contributed by atoms with Gasteiger partial charge in [-0.2, -0.15) is 0 Å². The van der Waals surface area contributed by atoms with Gasteiger partial charge in [-0.25, -0.2) is 0 Å². The number of imide groups is 1. The number of benzene rings is 1. The van der Waals surface area contributed by atoms with E-state index in [0.717, 1.165) is 5.57 Å². The van der Waals surface area contributed by atoms with Crippen LogP contribution in [0.25, 0.3) is 0 Å². The fraction of sp³-hybridized carbons (Fsp3) is 0.357. The standard InChI is InChI=1S/C28H33NO2/c1-20(15-16-25-22(3)12-9-18-28(25,4)5)10-8-11-21(2)17-19-29-26(30)23-13-6-7-14-24(23)27(29)31/h6-8,10-11,13-17H,9,12,18-19H2,1-5H3/b11-8+,16-15+,20-10+,21-17+. The first-order valence-corrected chi connectivity index (χ1v) is 11.1. The van der Waals surface area contributed by atoms with E-state index in [2.05, 4.69) is 45.9 Å². The minimum absolute atomic E-state index is 0.218. The molecule has 2 amide bonds. The van der Waals surface area contributed by atoms with Gasteiger partial charge < -0.3 is 0 Å². The maximum Gasteiger partial charge on any atom is 0.261 e. The number of carbonyl (C=O) groups is 2. The first kappa shape index (κ1) is 22.7. The number of carbonyl (C=O) groups excluding carboxylic acids is 2. The Bertz CT molecular complexity index is 996. The molecule has 3 rings (SSSR count). The normalized spacial score (nSPS) is 19.8. The highest BCUT2D eigenvalue weighted by Crippen LogP contribution is 2.40. The van der Waals surface area contributed by atoms with Crippen LogP contribution >= 0.6 is 0 Å². The molecule has 2 aliphatic rings. The van der Waals surface area contributed by atoms with Gasteiger partial charge in [0.15, 0.2) is 0 Å². The Labute approximate surface area is 186 Å². The topological polar surface area (TPSA) is 37.4 Å². The smallest absolute Gasteiger partial charge is 0.261 e. The van der Waals surface area contributed by atoms with Gasteiger partial charge in [-0.05, 0) is 63.2 Å². The van der Waals surface area contributed by atoms with Gasteiger partial charge in [0.05, 0.1) is 11.1 Å². The van der Waals surface area contributed by atoms with Crippen molar-refractivity contribution in [3.05, 3.63) is 94.1 Å². The molecule has 0 fully saturated rings. The van der Waals surface area contributed by atoms with E-state index in [1.165, 1.54) is 40.9 Å². The Morgan fingerprint density at radius 3 is 2.29 bits per heavy atom. The average Bonchev–Trinajstić information content (AvgIpc) is 2.96. The van der Waals surface area contributed by atoms with Crippen LogP contribution in [0.3, 0.4) is 0 Å². The fourth-order valence-electron chi connectivity index (χ4n) is 4.34. The van der Waals surface area contributed by atoms with Crippen molar-refractivity contribution < 1.29 is 9.59 Å². The number of rotatable bonds is 6. The summed E-state index contributed by atoms with van der Waals surface area (Å²) in [5, 5.41) is 0. The molecule has 0 spiro atoms. The van der Waals surface area contributed by atoms with Crippen LogP contribution in [-0.4, -0.2) is 23.3 Å². The van der Waals surface area contributed by atoms with Gasteiger partial charge in [-0.3, -0.25) is 14.5 Å². The molecule has 0 saturated carbocycles. The van der Waals surface area contributed by atoms with E-state index < -0.39 is 0 Å². The van der Waals surface area contributed by atoms with Crippen LogP contribution < -0.4 is 0 Å². The Hall–Kier alpha value is -2.94. The second-order valence-electron chi connectivity index (χ2n) is 9.25. The van der Waals surface area contributed by atoms with Gasteiger partial charge in [-0.1, -0.05) is 79.2 Å². The van der Waals surface area contributed by atoms with Crippen LogP contribution in [-0.2, 0) is 0 Å². The molecule has 0 aromatic heterocycles. The second kappa shape index (κ2) is 9.47. The van der Waals surface area contributed by atoms with Crippen LogP contribution in [0.5, 0.6) is 0 Å². The SMILES string of the molecule is CC1=C(/C=C/C(C)=C/C=C/C(C)=C/CN2C(=O)c3ccccc3C2=O)C(C)(C)CCC1. The Balaban J connectivity index is 1.60.